The van der Waals surface area contributed by atoms with E-state index in [4.69, 9.17) is 0 Å². The second-order valence-corrected chi connectivity index (χ2v) is 7.74. The van der Waals surface area contributed by atoms with Crippen LogP contribution < -0.4 is 10.2 Å². The molecule has 2 atom stereocenters. The van der Waals surface area contributed by atoms with Gasteiger partial charge in [0.1, 0.15) is 11.7 Å². The number of carboxylic acids is 1. The van der Waals surface area contributed by atoms with Gasteiger partial charge in [0.25, 0.3) is 0 Å². The molecule has 4 nitrogen and oxygen atoms in total. The number of carboxylic acid groups (broad SMARTS) is 1. The number of quaternary nitrogens is 1. The molecule has 0 saturated heterocycles. The van der Waals surface area contributed by atoms with Crippen LogP contribution in [0.4, 0.5) is 5.69 Å². The highest BCUT2D eigenvalue weighted by molar-refractivity contribution is 5.75. The van der Waals surface area contributed by atoms with Gasteiger partial charge in [0, 0.05) is 29.1 Å². The zero-order valence-corrected chi connectivity index (χ0v) is 16.9. The van der Waals surface area contributed by atoms with Gasteiger partial charge in [0.15, 0.2) is 0 Å². The van der Waals surface area contributed by atoms with Crippen LogP contribution in [-0.4, -0.2) is 17.6 Å². The van der Waals surface area contributed by atoms with Crippen LogP contribution in [0, 0.1) is 5.92 Å². The van der Waals surface area contributed by atoms with Gasteiger partial charge in [0.2, 0.25) is 0 Å². The number of allylic oxidation sites excluding steroid dienone is 2. The molecule has 148 valence electrons. The van der Waals surface area contributed by atoms with Crippen LogP contribution >= 0.6 is 0 Å². The number of nitrogens with zero attached hydrogens (tertiary/aromatic N) is 1. The molecule has 3 N–H and O–H groups in total. The molecule has 4 heteroatoms. The molecule has 0 saturated carbocycles. The number of aliphatic carboxylic acids is 1. The van der Waals surface area contributed by atoms with Crippen LogP contribution in [0.1, 0.15) is 37.4 Å². The van der Waals surface area contributed by atoms with Crippen molar-refractivity contribution in [2.45, 2.75) is 26.3 Å². The lowest BCUT2D eigenvalue weighted by Crippen LogP contribution is -2.81. The molecule has 4 rings (SSSR count). The van der Waals surface area contributed by atoms with E-state index in [0.29, 0.717) is 12.5 Å². The van der Waals surface area contributed by atoms with Crippen LogP contribution in [0.2, 0.25) is 0 Å². The molecule has 1 aliphatic heterocycles. The Bertz CT molecular complexity index is 987. The van der Waals surface area contributed by atoms with Gasteiger partial charge in [-0.1, -0.05) is 36.4 Å². The molecule has 0 fully saturated rings. The Morgan fingerprint density at radius 3 is 2.52 bits per heavy atom. The van der Waals surface area contributed by atoms with Crippen LogP contribution in [0.15, 0.2) is 84.1 Å². The lowest BCUT2D eigenvalue weighted by Gasteiger charge is -2.40. The van der Waals surface area contributed by atoms with Crippen molar-refractivity contribution in [3.05, 3.63) is 95.2 Å². The summed E-state index contributed by atoms with van der Waals surface area (Å²) in [5.74, 6) is -1.12. The van der Waals surface area contributed by atoms with Crippen molar-refractivity contribution in [2.24, 2.45) is 5.92 Å². The zero-order chi connectivity index (χ0) is 20.4. The monoisotopic (exact) mass is 387 g/mol. The first-order valence-electron chi connectivity index (χ1n) is 10.1. The molecule has 2 aromatic rings. The summed E-state index contributed by atoms with van der Waals surface area (Å²) in [6.45, 7) is 5.12. The van der Waals surface area contributed by atoms with Gasteiger partial charge in [-0.15, -0.1) is 0 Å². The fourth-order valence-corrected chi connectivity index (χ4v) is 4.09. The van der Waals surface area contributed by atoms with Gasteiger partial charge >= 0.3 is 5.97 Å². The Labute approximate surface area is 171 Å². The summed E-state index contributed by atoms with van der Waals surface area (Å²) < 4.78 is 0. The van der Waals surface area contributed by atoms with E-state index in [2.05, 4.69) is 78.7 Å². The molecule has 0 aromatic heterocycles. The molecule has 0 bridgehead atoms. The van der Waals surface area contributed by atoms with E-state index in [-0.39, 0.29) is 5.92 Å². The number of hydrogen-bond acceptors (Lipinski definition) is 2. The minimum atomic E-state index is -0.740. The average Bonchev–Trinajstić information content (AvgIpc) is 2.73. The summed E-state index contributed by atoms with van der Waals surface area (Å²) in [4.78, 5) is 13.4. The Kier molecular flexibility index (Phi) is 5.36. The SMILES string of the molecule is C/C=C(\[NH2+]C(C)c1ccccc1)c1ccc(N2CC3=C2C=CC(C(=O)O)C3)cc1. The fraction of sp³-hybridized carbons (Fsp3) is 0.240. The van der Waals surface area contributed by atoms with E-state index >= 15 is 0 Å². The maximum Gasteiger partial charge on any atom is 0.310 e. The highest BCUT2D eigenvalue weighted by Crippen LogP contribution is 2.38. The standard InChI is InChI=1S/C25H26N2O2/c1-3-23(26-17(2)18-7-5-4-6-8-18)19-9-12-22(13-10-19)27-16-21-15-20(25(28)29)11-14-24(21)27/h3-14,17,20,26H,15-16H2,1-2H3,(H,28,29)/p+1/b23-3-. The summed E-state index contributed by atoms with van der Waals surface area (Å²) in [6, 6.07) is 19.5. The number of hydrogen-bond donors (Lipinski definition) is 2. The first-order chi connectivity index (χ1) is 14.1. The van der Waals surface area contributed by atoms with Gasteiger partial charge in [0.05, 0.1) is 5.92 Å². The third-order valence-electron chi connectivity index (χ3n) is 5.85. The lowest BCUT2D eigenvalue weighted by atomic mass is 9.87. The van der Waals surface area contributed by atoms with Crippen molar-refractivity contribution < 1.29 is 15.2 Å². The quantitative estimate of drug-likeness (QED) is 0.784. The molecule has 2 aromatic carbocycles. The molecule has 0 radical (unpaired) electrons. The second-order valence-electron chi connectivity index (χ2n) is 7.74. The first kappa shape index (κ1) is 19.2. The zero-order valence-electron chi connectivity index (χ0n) is 16.9. The molecule has 0 spiro atoms. The van der Waals surface area contributed by atoms with E-state index in [1.165, 1.54) is 22.4 Å². The van der Waals surface area contributed by atoms with E-state index in [1.807, 2.05) is 12.1 Å². The molecule has 1 aliphatic carbocycles. The normalized spacial score (nSPS) is 19.6. The van der Waals surface area contributed by atoms with Crippen LogP contribution in [0.25, 0.3) is 5.70 Å². The highest BCUT2D eigenvalue weighted by atomic mass is 16.4. The van der Waals surface area contributed by atoms with E-state index < -0.39 is 5.97 Å². The third-order valence-corrected chi connectivity index (χ3v) is 5.85. The maximum absolute atomic E-state index is 11.2. The van der Waals surface area contributed by atoms with Gasteiger partial charge in [-0.3, -0.25) is 4.79 Å². The van der Waals surface area contributed by atoms with E-state index in [1.54, 1.807) is 6.08 Å². The van der Waals surface area contributed by atoms with E-state index in [9.17, 15) is 9.90 Å². The number of carbonyl (C=O) groups is 1. The van der Waals surface area contributed by atoms with E-state index in [0.717, 1.165) is 17.9 Å². The number of anilines is 1. The first-order valence-corrected chi connectivity index (χ1v) is 10.1. The largest absolute Gasteiger partial charge is 0.481 e. The van der Waals surface area contributed by atoms with Gasteiger partial charge in [-0.05, 0) is 62.3 Å². The highest BCUT2D eigenvalue weighted by Gasteiger charge is 2.32. The number of benzene rings is 2. The van der Waals surface area contributed by atoms with Crippen molar-refractivity contribution in [3.8, 4) is 0 Å². The van der Waals surface area contributed by atoms with Crippen LogP contribution in [-0.2, 0) is 4.79 Å². The lowest BCUT2D eigenvalue weighted by molar-refractivity contribution is -0.606. The average molecular weight is 388 g/mol. The Balaban J connectivity index is 1.44. The van der Waals surface area contributed by atoms with Crippen molar-refractivity contribution in [3.63, 3.8) is 0 Å². The molecular formula is C25H27N2O2+. The van der Waals surface area contributed by atoms with Gasteiger partial charge in [-0.2, -0.15) is 0 Å². The number of nitrogens with two attached hydrogens (primary N) is 1. The number of rotatable bonds is 6. The summed E-state index contributed by atoms with van der Waals surface area (Å²) in [7, 11) is 0. The van der Waals surface area contributed by atoms with Crippen molar-refractivity contribution in [2.75, 3.05) is 11.4 Å². The fourth-order valence-electron chi connectivity index (χ4n) is 4.09. The van der Waals surface area contributed by atoms with Crippen molar-refractivity contribution in [1.82, 2.24) is 0 Å². The van der Waals surface area contributed by atoms with Crippen LogP contribution in [0.5, 0.6) is 0 Å². The summed E-state index contributed by atoms with van der Waals surface area (Å²) in [5, 5.41) is 11.5. The Morgan fingerprint density at radius 2 is 1.90 bits per heavy atom. The summed E-state index contributed by atoms with van der Waals surface area (Å²) >= 11 is 0. The maximum atomic E-state index is 11.2. The molecule has 2 aliphatic rings. The third kappa shape index (κ3) is 3.89. The summed E-state index contributed by atoms with van der Waals surface area (Å²) in [6.07, 6.45) is 6.56. The van der Waals surface area contributed by atoms with Crippen molar-refractivity contribution in [1.29, 1.82) is 0 Å². The minimum absolute atomic E-state index is 0.347. The molecule has 29 heavy (non-hydrogen) atoms. The second kappa shape index (κ2) is 8.10. The topological polar surface area (TPSA) is 57.2 Å². The Hall–Kier alpha value is -3.11. The molecule has 1 heterocycles. The predicted octanol–water partition coefficient (Wildman–Crippen LogP) is 4.11. The Morgan fingerprint density at radius 1 is 1.17 bits per heavy atom. The molecular weight excluding hydrogens is 360 g/mol. The van der Waals surface area contributed by atoms with Gasteiger partial charge < -0.3 is 15.3 Å². The smallest absolute Gasteiger partial charge is 0.310 e. The predicted molar refractivity (Wildman–Crippen MR) is 116 cm³/mol. The van der Waals surface area contributed by atoms with Gasteiger partial charge in [-0.25, -0.2) is 0 Å². The van der Waals surface area contributed by atoms with Crippen LogP contribution in [0.3, 0.4) is 0 Å². The molecule has 2 unspecified atom stereocenters. The summed E-state index contributed by atoms with van der Waals surface area (Å²) in [5.41, 5.74) is 7.30. The van der Waals surface area contributed by atoms with Crippen molar-refractivity contribution >= 4 is 17.4 Å². The minimum Gasteiger partial charge on any atom is -0.481 e. The molecule has 0 amide bonds.